The van der Waals surface area contributed by atoms with Gasteiger partial charge in [0.2, 0.25) is 0 Å². The van der Waals surface area contributed by atoms with E-state index in [9.17, 15) is 14.7 Å². The summed E-state index contributed by atoms with van der Waals surface area (Å²) < 4.78 is 5.18. The molecule has 1 heterocycles. The summed E-state index contributed by atoms with van der Waals surface area (Å²) in [5.74, 6) is -1.24. The Morgan fingerprint density at radius 3 is 2.56 bits per heavy atom. The van der Waals surface area contributed by atoms with Crippen molar-refractivity contribution in [1.29, 1.82) is 0 Å². The first-order valence-electron chi connectivity index (χ1n) is 8.33. The number of carbonyl (C=O) groups is 1. The van der Waals surface area contributed by atoms with Crippen molar-refractivity contribution in [3.63, 3.8) is 0 Å². The zero-order valence-corrected chi connectivity index (χ0v) is 14.1. The fourth-order valence-electron chi connectivity index (χ4n) is 3.08. The van der Waals surface area contributed by atoms with Crippen LogP contribution < -0.4 is 5.63 Å². The highest BCUT2D eigenvalue weighted by atomic mass is 16.4. The van der Waals surface area contributed by atoms with E-state index in [0.717, 1.165) is 28.5 Å². The lowest BCUT2D eigenvalue weighted by Gasteiger charge is -2.13. The van der Waals surface area contributed by atoms with Gasteiger partial charge in [-0.2, -0.15) is 0 Å². The van der Waals surface area contributed by atoms with Crippen molar-refractivity contribution < 1.29 is 14.3 Å². The number of hydrogen-bond acceptors (Lipinski definition) is 3. The molecule has 0 amide bonds. The van der Waals surface area contributed by atoms with Crippen LogP contribution in [0.3, 0.4) is 0 Å². The van der Waals surface area contributed by atoms with E-state index in [4.69, 9.17) is 4.42 Å². The number of hydrogen-bond donors (Lipinski definition) is 1. The Hall–Kier alpha value is -2.88. The molecule has 3 aromatic rings. The van der Waals surface area contributed by atoms with Gasteiger partial charge in [-0.3, -0.25) is 4.79 Å². The Labute approximate surface area is 145 Å². The minimum atomic E-state index is -0.785. The second-order valence-corrected chi connectivity index (χ2v) is 6.34. The van der Waals surface area contributed by atoms with Gasteiger partial charge in [0.05, 0.1) is 5.92 Å². The summed E-state index contributed by atoms with van der Waals surface area (Å²) >= 11 is 0. The summed E-state index contributed by atoms with van der Waals surface area (Å²) in [7, 11) is 0. The molecule has 25 heavy (non-hydrogen) atoms. The standard InChI is InChI=1S/C21H20O4/c1-14-11-20(22)25-19-10-8-16(13-18(14)19)12-17(21(23)24)9-7-15-5-3-2-4-6-15/h2-6,8,10-11,13,17H,7,9,12H2,1H3,(H,23,24). The fraction of sp³-hybridized carbons (Fsp3) is 0.238. The Balaban J connectivity index is 1.79. The summed E-state index contributed by atoms with van der Waals surface area (Å²) in [6.07, 6.45) is 1.77. The van der Waals surface area contributed by atoms with Crippen LogP contribution >= 0.6 is 0 Å². The van der Waals surface area contributed by atoms with E-state index in [0.29, 0.717) is 18.4 Å². The van der Waals surface area contributed by atoms with E-state index in [-0.39, 0.29) is 5.63 Å². The van der Waals surface area contributed by atoms with Crippen molar-refractivity contribution in [2.75, 3.05) is 0 Å². The maximum Gasteiger partial charge on any atom is 0.336 e. The van der Waals surface area contributed by atoms with Gasteiger partial charge in [-0.05, 0) is 55.0 Å². The third-order valence-corrected chi connectivity index (χ3v) is 4.47. The molecule has 0 fully saturated rings. The van der Waals surface area contributed by atoms with Crippen LogP contribution in [0.25, 0.3) is 11.0 Å². The van der Waals surface area contributed by atoms with Crippen LogP contribution in [-0.2, 0) is 17.6 Å². The molecular weight excluding hydrogens is 316 g/mol. The molecule has 2 aromatic carbocycles. The second-order valence-electron chi connectivity index (χ2n) is 6.34. The van der Waals surface area contributed by atoms with E-state index < -0.39 is 11.9 Å². The molecule has 0 radical (unpaired) electrons. The van der Waals surface area contributed by atoms with Gasteiger partial charge in [0, 0.05) is 11.5 Å². The third-order valence-electron chi connectivity index (χ3n) is 4.47. The van der Waals surface area contributed by atoms with Crippen molar-refractivity contribution in [1.82, 2.24) is 0 Å². The van der Waals surface area contributed by atoms with Crippen molar-refractivity contribution in [3.05, 3.63) is 81.7 Å². The molecule has 1 aromatic heterocycles. The SMILES string of the molecule is Cc1cc(=O)oc2ccc(CC(CCc3ccccc3)C(=O)O)cc12. The first kappa shape index (κ1) is 17.0. The largest absolute Gasteiger partial charge is 0.481 e. The predicted molar refractivity (Wildman–Crippen MR) is 96.8 cm³/mol. The fourth-order valence-corrected chi connectivity index (χ4v) is 3.08. The zero-order chi connectivity index (χ0) is 17.8. The molecule has 0 aliphatic heterocycles. The van der Waals surface area contributed by atoms with Crippen molar-refractivity contribution >= 4 is 16.9 Å². The highest BCUT2D eigenvalue weighted by Crippen LogP contribution is 2.22. The van der Waals surface area contributed by atoms with Gasteiger partial charge >= 0.3 is 11.6 Å². The molecule has 1 unspecified atom stereocenters. The summed E-state index contributed by atoms with van der Waals surface area (Å²) in [6, 6.07) is 16.9. The van der Waals surface area contributed by atoms with E-state index in [1.807, 2.05) is 49.4 Å². The van der Waals surface area contributed by atoms with Crippen molar-refractivity contribution in [2.45, 2.75) is 26.2 Å². The van der Waals surface area contributed by atoms with Gasteiger partial charge in [0.15, 0.2) is 0 Å². The van der Waals surface area contributed by atoms with E-state index in [1.54, 1.807) is 6.07 Å². The molecule has 3 rings (SSSR count). The number of aliphatic carboxylic acids is 1. The molecule has 128 valence electrons. The number of carboxylic acids is 1. The molecule has 0 saturated heterocycles. The average molecular weight is 336 g/mol. The van der Waals surface area contributed by atoms with Crippen LogP contribution in [0.15, 0.2) is 63.8 Å². The number of aryl methyl sites for hydroxylation is 2. The summed E-state index contributed by atoms with van der Waals surface area (Å²) in [5, 5.41) is 10.4. The molecule has 0 aliphatic rings. The molecular formula is C21H20O4. The molecule has 0 bridgehead atoms. The van der Waals surface area contributed by atoms with E-state index in [2.05, 4.69) is 0 Å². The maximum atomic E-state index is 11.6. The zero-order valence-electron chi connectivity index (χ0n) is 14.1. The van der Waals surface area contributed by atoms with E-state index >= 15 is 0 Å². The number of benzene rings is 2. The Morgan fingerprint density at radius 2 is 1.84 bits per heavy atom. The van der Waals surface area contributed by atoms with Crippen LogP contribution in [-0.4, -0.2) is 11.1 Å². The van der Waals surface area contributed by atoms with Gasteiger partial charge in [-0.1, -0.05) is 36.4 Å². The molecule has 0 aliphatic carbocycles. The van der Waals surface area contributed by atoms with Gasteiger partial charge in [-0.15, -0.1) is 0 Å². The smallest absolute Gasteiger partial charge is 0.336 e. The second kappa shape index (κ2) is 7.34. The normalized spacial score (nSPS) is 12.2. The highest BCUT2D eigenvalue weighted by Gasteiger charge is 2.18. The maximum absolute atomic E-state index is 11.6. The highest BCUT2D eigenvalue weighted by molar-refractivity contribution is 5.81. The molecule has 1 N–H and O–H groups in total. The summed E-state index contributed by atoms with van der Waals surface area (Å²) in [5.41, 5.74) is 3.08. The first-order valence-corrected chi connectivity index (χ1v) is 8.33. The van der Waals surface area contributed by atoms with Crippen LogP contribution in [0.4, 0.5) is 0 Å². The molecule has 4 nitrogen and oxygen atoms in total. The summed E-state index contributed by atoms with van der Waals surface area (Å²) in [4.78, 5) is 23.1. The monoisotopic (exact) mass is 336 g/mol. The van der Waals surface area contributed by atoms with E-state index in [1.165, 1.54) is 6.07 Å². The first-order chi connectivity index (χ1) is 12.0. The van der Waals surface area contributed by atoms with Crippen LogP contribution in [0, 0.1) is 12.8 Å². The molecule has 0 saturated carbocycles. The van der Waals surface area contributed by atoms with Gasteiger partial charge in [0.25, 0.3) is 0 Å². The lowest BCUT2D eigenvalue weighted by Crippen LogP contribution is -2.17. The lowest BCUT2D eigenvalue weighted by atomic mass is 9.92. The van der Waals surface area contributed by atoms with Gasteiger partial charge < -0.3 is 9.52 Å². The Morgan fingerprint density at radius 1 is 1.08 bits per heavy atom. The minimum Gasteiger partial charge on any atom is -0.481 e. The molecule has 0 spiro atoms. The molecule has 1 atom stereocenters. The van der Waals surface area contributed by atoms with Crippen LogP contribution in [0.5, 0.6) is 0 Å². The van der Waals surface area contributed by atoms with Gasteiger partial charge in [0.1, 0.15) is 5.58 Å². The number of fused-ring (bicyclic) bond motifs is 1. The quantitative estimate of drug-likeness (QED) is 0.692. The van der Waals surface area contributed by atoms with Gasteiger partial charge in [-0.25, -0.2) is 4.79 Å². The van der Waals surface area contributed by atoms with Crippen LogP contribution in [0.1, 0.15) is 23.1 Å². The molecule has 4 heteroatoms. The lowest BCUT2D eigenvalue weighted by molar-refractivity contribution is -0.141. The Bertz CT molecular complexity index is 941. The number of rotatable bonds is 6. The minimum absolute atomic E-state index is 0.371. The van der Waals surface area contributed by atoms with Crippen LogP contribution in [0.2, 0.25) is 0 Å². The van der Waals surface area contributed by atoms with Crippen molar-refractivity contribution in [2.24, 2.45) is 5.92 Å². The van der Waals surface area contributed by atoms with Crippen molar-refractivity contribution in [3.8, 4) is 0 Å². The topological polar surface area (TPSA) is 67.5 Å². The summed E-state index contributed by atoms with van der Waals surface area (Å²) in [6.45, 7) is 1.85. The number of carboxylic acid groups (broad SMARTS) is 1. The average Bonchev–Trinajstić information content (AvgIpc) is 2.59. The third kappa shape index (κ3) is 4.15. The Kier molecular flexibility index (Phi) is 4.98. The predicted octanol–water partition coefficient (Wildman–Crippen LogP) is 3.98.